The molecule has 0 atom stereocenters. The summed E-state index contributed by atoms with van der Waals surface area (Å²) in [5.74, 6) is 0.522. The van der Waals surface area contributed by atoms with E-state index in [0.717, 1.165) is 30.7 Å². The summed E-state index contributed by atoms with van der Waals surface area (Å²) >= 11 is 0. The first kappa shape index (κ1) is 16.1. The minimum atomic E-state index is -0.498. The van der Waals surface area contributed by atoms with Crippen LogP contribution in [0.15, 0.2) is 16.5 Å². The van der Waals surface area contributed by atoms with Crippen LogP contribution in [-0.4, -0.2) is 29.0 Å². The van der Waals surface area contributed by atoms with Crippen molar-refractivity contribution < 1.29 is 30.8 Å². The molecule has 0 aromatic carbocycles. The van der Waals surface area contributed by atoms with Crippen LogP contribution in [-0.2, 0) is 6.54 Å². The fraction of sp³-hybridized carbons (Fsp3) is 0.636. The lowest BCUT2D eigenvalue weighted by Gasteiger charge is -2.34. The predicted octanol–water partition coefficient (Wildman–Crippen LogP) is -0.432. The minimum absolute atomic E-state index is 0. The molecule has 0 spiro atoms. The van der Waals surface area contributed by atoms with Gasteiger partial charge in [0, 0.05) is 0 Å². The highest BCUT2D eigenvalue weighted by Crippen LogP contribution is 2.20. The third kappa shape index (κ3) is 3.81. The highest BCUT2D eigenvalue weighted by atomic mass is 79.9. The Morgan fingerprint density at radius 2 is 1.76 bits per heavy atom. The topological polar surface area (TPSA) is 56.3 Å². The van der Waals surface area contributed by atoms with E-state index in [1.807, 2.05) is 0 Å². The Morgan fingerprint density at radius 3 is 2.12 bits per heavy atom. The van der Waals surface area contributed by atoms with E-state index in [1.54, 1.807) is 6.07 Å². The van der Waals surface area contributed by atoms with E-state index in [1.165, 1.54) is 6.07 Å². The summed E-state index contributed by atoms with van der Waals surface area (Å²) in [7, 11) is 0. The van der Waals surface area contributed by atoms with Gasteiger partial charge in [-0.2, -0.15) is 0 Å². The first-order valence-corrected chi connectivity index (χ1v) is 5.65. The van der Waals surface area contributed by atoms with Crippen LogP contribution in [0.5, 0.6) is 0 Å². The van der Waals surface area contributed by atoms with Crippen LogP contribution < -0.4 is 17.0 Å². The largest absolute Gasteiger partial charge is 1.00 e. The molecule has 98 valence electrons. The van der Waals surface area contributed by atoms with Gasteiger partial charge in [-0.3, -0.25) is 10.1 Å². The number of nitrogens with zero attached hydrogens (tertiary/aromatic N) is 2. The second-order valence-corrected chi connectivity index (χ2v) is 3.95. The molecule has 0 radical (unpaired) electrons. The molecule has 0 amide bonds. The molecule has 1 aromatic rings. The molecule has 17 heavy (non-hydrogen) atoms. The minimum Gasteiger partial charge on any atom is -1.00 e. The first-order chi connectivity index (χ1) is 7.56. The lowest BCUT2D eigenvalue weighted by molar-refractivity contribution is -0.937. The number of nitro groups is 1. The van der Waals surface area contributed by atoms with Crippen molar-refractivity contribution in [1.29, 1.82) is 0 Å². The zero-order valence-electron chi connectivity index (χ0n) is 10.5. The SMILES string of the molecule is CC[N+](CC)(CC)Cc1ccc([N+](=O)[O-])o1.[Br-]. The molecule has 0 fully saturated rings. The third-order valence-corrected chi connectivity index (χ3v) is 3.33. The maximum atomic E-state index is 10.5. The molecule has 0 aliphatic carbocycles. The summed E-state index contributed by atoms with van der Waals surface area (Å²) in [6.07, 6.45) is 0. The van der Waals surface area contributed by atoms with Gasteiger partial charge in [-0.15, -0.1) is 0 Å². The van der Waals surface area contributed by atoms with Gasteiger partial charge < -0.3 is 25.9 Å². The molecule has 0 saturated heterocycles. The number of hydrogen-bond donors (Lipinski definition) is 0. The van der Waals surface area contributed by atoms with Gasteiger partial charge in [0.1, 0.15) is 11.5 Å². The Hall–Kier alpha value is -0.880. The van der Waals surface area contributed by atoms with Crippen LogP contribution in [0.4, 0.5) is 5.88 Å². The maximum Gasteiger partial charge on any atom is 0.433 e. The number of rotatable bonds is 6. The molecule has 1 aromatic heterocycles. The standard InChI is InChI=1S/C11H19N2O3.BrH/c1-4-13(5-2,6-3)9-10-7-8-11(16-10)12(14)15;/h7-8H,4-6,9H2,1-3H3;1H/q+1;/p-1. The average molecular weight is 307 g/mol. The number of furan rings is 1. The van der Waals surface area contributed by atoms with Crippen LogP contribution in [0.2, 0.25) is 0 Å². The molecule has 0 bridgehead atoms. The van der Waals surface area contributed by atoms with Crippen LogP contribution in [0, 0.1) is 10.1 Å². The highest BCUT2D eigenvalue weighted by Gasteiger charge is 2.24. The summed E-state index contributed by atoms with van der Waals surface area (Å²) in [5.41, 5.74) is 0. The van der Waals surface area contributed by atoms with Crippen LogP contribution >= 0.6 is 0 Å². The summed E-state index contributed by atoms with van der Waals surface area (Å²) in [6, 6.07) is 3.12. The van der Waals surface area contributed by atoms with Crippen molar-refractivity contribution in [2.75, 3.05) is 19.6 Å². The number of quaternary nitrogens is 1. The Kier molecular flexibility index (Phi) is 6.41. The van der Waals surface area contributed by atoms with Gasteiger partial charge in [0.2, 0.25) is 0 Å². The van der Waals surface area contributed by atoms with E-state index < -0.39 is 4.92 Å². The number of hydrogen-bond acceptors (Lipinski definition) is 3. The first-order valence-electron chi connectivity index (χ1n) is 5.65. The predicted molar refractivity (Wildman–Crippen MR) is 60.9 cm³/mol. The monoisotopic (exact) mass is 306 g/mol. The van der Waals surface area contributed by atoms with E-state index in [9.17, 15) is 10.1 Å². The van der Waals surface area contributed by atoms with Crippen molar-refractivity contribution >= 4 is 5.88 Å². The molecule has 0 saturated carbocycles. The molecule has 1 rings (SSSR count). The van der Waals surface area contributed by atoms with E-state index in [0.29, 0.717) is 5.76 Å². The highest BCUT2D eigenvalue weighted by molar-refractivity contribution is 5.17. The number of halogens is 1. The maximum absolute atomic E-state index is 10.5. The van der Waals surface area contributed by atoms with Gasteiger partial charge >= 0.3 is 5.88 Å². The second kappa shape index (κ2) is 6.76. The van der Waals surface area contributed by atoms with Crippen LogP contribution in [0.3, 0.4) is 0 Å². The van der Waals surface area contributed by atoms with Gasteiger partial charge in [0.25, 0.3) is 0 Å². The molecule has 6 heteroatoms. The van der Waals surface area contributed by atoms with E-state index >= 15 is 0 Å². The summed E-state index contributed by atoms with van der Waals surface area (Å²) < 4.78 is 6.08. The van der Waals surface area contributed by atoms with Gasteiger partial charge in [-0.1, -0.05) is 0 Å². The van der Waals surface area contributed by atoms with Crippen molar-refractivity contribution in [3.05, 3.63) is 28.0 Å². The lowest BCUT2D eigenvalue weighted by Crippen LogP contribution is -3.00. The molecular formula is C11H19BrN2O3. The summed E-state index contributed by atoms with van der Waals surface area (Å²) in [5, 5.41) is 10.5. The molecule has 0 N–H and O–H groups in total. The fourth-order valence-corrected chi connectivity index (χ4v) is 1.89. The lowest BCUT2D eigenvalue weighted by atomic mass is 10.3. The Balaban J connectivity index is 0.00000256. The van der Waals surface area contributed by atoms with Gasteiger partial charge in [-0.25, -0.2) is 0 Å². The van der Waals surface area contributed by atoms with Gasteiger partial charge in [0.15, 0.2) is 5.76 Å². The molecule has 5 nitrogen and oxygen atoms in total. The Labute approximate surface area is 112 Å². The van der Waals surface area contributed by atoms with Crippen molar-refractivity contribution in [3.63, 3.8) is 0 Å². The average Bonchev–Trinajstić information content (AvgIpc) is 2.74. The Bertz CT molecular complexity index is 353. The molecular weight excluding hydrogens is 288 g/mol. The van der Waals surface area contributed by atoms with Gasteiger partial charge in [-0.05, 0) is 26.8 Å². The second-order valence-electron chi connectivity index (χ2n) is 3.95. The normalized spacial score (nSPS) is 11.0. The van der Waals surface area contributed by atoms with Crippen molar-refractivity contribution in [2.45, 2.75) is 27.3 Å². The van der Waals surface area contributed by atoms with Gasteiger partial charge in [0.05, 0.1) is 25.7 Å². The fourth-order valence-electron chi connectivity index (χ4n) is 1.89. The van der Waals surface area contributed by atoms with Crippen molar-refractivity contribution in [1.82, 2.24) is 0 Å². The third-order valence-electron chi connectivity index (χ3n) is 3.33. The zero-order valence-corrected chi connectivity index (χ0v) is 12.1. The van der Waals surface area contributed by atoms with Crippen molar-refractivity contribution in [3.8, 4) is 0 Å². The molecule has 0 aliphatic heterocycles. The molecule has 1 heterocycles. The quantitative estimate of drug-likeness (QED) is 0.407. The van der Waals surface area contributed by atoms with E-state index in [2.05, 4.69) is 20.8 Å². The van der Waals surface area contributed by atoms with E-state index in [4.69, 9.17) is 4.42 Å². The smallest absolute Gasteiger partial charge is 0.433 e. The summed E-state index contributed by atoms with van der Waals surface area (Å²) in [6.45, 7) is 10.1. The Morgan fingerprint density at radius 1 is 1.24 bits per heavy atom. The van der Waals surface area contributed by atoms with Crippen molar-refractivity contribution in [2.24, 2.45) is 0 Å². The van der Waals surface area contributed by atoms with E-state index in [-0.39, 0.29) is 22.9 Å². The summed E-state index contributed by atoms with van der Waals surface area (Å²) in [4.78, 5) is 10.00. The zero-order chi connectivity index (χ0) is 12.2. The van der Waals surface area contributed by atoms with Crippen LogP contribution in [0.1, 0.15) is 26.5 Å². The van der Waals surface area contributed by atoms with Crippen LogP contribution in [0.25, 0.3) is 0 Å². The molecule has 0 aliphatic rings. The molecule has 0 unspecified atom stereocenters.